The summed E-state index contributed by atoms with van der Waals surface area (Å²) in [4.78, 5) is 35.5. The molecule has 0 spiro atoms. The van der Waals surface area contributed by atoms with Gasteiger partial charge in [0.1, 0.15) is 12.4 Å². The molecule has 7 nitrogen and oxygen atoms in total. The zero-order valence-corrected chi connectivity index (χ0v) is 13.2. The van der Waals surface area contributed by atoms with Crippen LogP contribution in [-0.2, 0) is 14.3 Å². The van der Waals surface area contributed by atoms with Gasteiger partial charge >= 0.3 is 18.0 Å². The third-order valence-electron chi connectivity index (χ3n) is 3.31. The number of amides is 2. The third-order valence-corrected chi connectivity index (χ3v) is 3.31. The molecule has 2 N–H and O–H groups in total. The van der Waals surface area contributed by atoms with E-state index in [-0.39, 0.29) is 30.0 Å². The third kappa shape index (κ3) is 3.89. The van der Waals surface area contributed by atoms with Crippen LogP contribution in [0.4, 0.5) is 9.18 Å². The lowest BCUT2D eigenvalue weighted by atomic mass is 10.0. The van der Waals surface area contributed by atoms with E-state index in [9.17, 15) is 18.8 Å². The van der Waals surface area contributed by atoms with Crippen molar-refractivity contribution in [2.45, 2.75) is 19.9 Å². The molecule has 1 atom stereocenters. The molecule has 128 valence electrons. The molecule has 1 aliphatic rings. The fourth-order valence-electron chi connectivity index (χ4n) is 2.24. The highest BCUT2D eigenvalue weighted by atomic mass is 19.1. The van der Waals surface area contributed by atoms with Crippen molar-refractivity contribution in [2.75, 3.05) is 13.2 Å². The molecule has 0 saturated carbocycles. The first-order chi connectivity index (χ1) is 11.4. The molecule has 0 radical (unpaired) electrons. The zero-order valence-electron chi connectivity index (χ0n) is 13.2. The number of hydrogen-bond acceptors (Lipinski definition) is 5. The Morgan fingerprint density at radius 3 is 2.58 bits per heavy atom. The first kappa shape index (κ1) is 17.5. The predicted octanol–water partition coefficient (Wildman–Crippen LogP) is 1.50. The summed E-state index contributed by atoms with van der Waals surface area (Å²) >= 11 is 0. The zero-order chi connectivity index (χ0) is 17.7. The highest BCUT2D eigenvalue weighted by molar-refractivity contribution is 5.95. The summed E-state index contributed by atoms with van der Waals surface area (Å²) in [5.74, 6) is -2.25. The number of hydrogen-bond donors (Lipinski definition) is 2. The van der Waals surface area contributed by atoms with Crippen molar-refractivity contribution in [2.24, 2.45) is 0 Å². The maximum atomic E-state index is 13.6. The molecule has 0 aliphatic carbocycles. The van der Waals surface area contributed by atoms with Crippen molar-refractivity contribution in [1.29, 1.82) is 0 Å². The molecule has 1 aromatic rings. The van der Waals surface area contributed by atoms with Crippen LogP contribution in [0.3, 0.4) is 0 Å². The van der Waals surface area contributed by atoms with Gasteiger partial charge in [-0.15, -0.1) is 0 Å². The van der Waals surface area contributed by atoms with Crippen LogP contribution in [0.5, 0.6) is 0 Å². The molecular formula is C16H17FN2O5. The highest BCUT2D eigenvalue weighted by Crippen LogP contribution is 2.16. The van der Waals surface area contributed by atoms with Crippen LogP contribution in [-0.4, -0.2) is 37.2 Å². The normalized spacial score (nSPS) is 17.0. The molecule has 1 unspecified atom stereocenters. The Balaban J connectivity index is 2.19. The summed E-state index contributed by atoms with van der Waals surface area (Å²) in [5.41, 5.74) is 0.0243. The van der Waals surface area contributed by atoms with Gasteiger partial charge in [-0.25, -0.2) is 18.8 Å². The van der Waals surface area contributed by atoms with Crippen molar-refractivity contribution >= 4 is 18.0 Å². The monoisotopic (exact) mass is 336 g/mol. The highest BCUT2D eigenvalue weighted by Gasteiger charge is 2.30. The van der Waals surface area contributed by atoms with E-state index in [0.717, 1.165) is 6.07 Å². The molecule has 8 heteroatoms. The molecule has 0 aromatic heterocycles. The summed E-state index contributed by atoms with van der Waals surface area (Å²) < 4.78 is 23.5. The lowest BCUT2D eigenvalue weighted by Crippen LogP contribution is -2.50. The van der Waals surface area contributed by atoms with Gasteiger partial charge in [0.05, 0.1) is 29.5 Å². The fraction of sp³-hybridized carbons (Fsp3) is 0.312. The molecule has 1 aromatic carbocycles. The van der Waals surface area contributed by atoms with E-state index < -0.39 is 29.8 Å². The lowest BCUT2D eigenvalue weighted by Gasteiger charge is -2.26. The van der Waals surface area contributed by atoms with Crippen molar-refractivity contribution in [1.82, 2.24) is 10.6 Å². The van der Waals surface area contributed by atoms with E-state index in [0.29, 0.717) is 0 Å². The number of ether oxygens (including phenoxy) is 2. The van der Waals surface area contributed by atoms with Crippen LogP contribution in [0.1, 0.15) is 24.2 Å². The molecule has 0 fully saturated rings. The van der Waals surface area contributed by atoms with Crippen molar-refractivity contribution in [3.8, 4) is 0 Å². The number of carbonyl (C=O) groups excluding carboxylic acids is 3. The van der Waals surface area contributed by atoms with Crippen LogP contribution in [0, 0.1) is 5.82 Å². The van der Waals surface area contributed by atoms with Crippen molar-refractivity contribution in [3.05, 3.63) is 46.9 Å². The Morgan fingerprint density at radius 1 is 1.21 bits per heavy atom. The molecule has 24 heavy (non-hydrogen) atoms. The minimum absolute atomic E-state index is 0.106. The number of nitrogens with one attached hydrogen (secondary N) is 2. The predicted molar refractivity (Wildman–Crippen MR) is 81.5 cm³/mol. The average molecular weight is 336 g/mol. The molecule has 1 aliphatic heterocycles. The Labute approximate surface area is 137 Å². The number of esters is 2. The minimum Gasteiger partial charge on any atom is -0.463 e. The average Bonchev–Trinajstić information content (AvgIpc) is 2.52. The van der Waals surface area contributed by atoms with Gasteiger partial charge in [-0.1, -0.05) is 12.1 Å². The van der Waals surface area contributed by atoms with E-state index in [1.165, 1.54) is 18.2 Å². The van der Waals surface area contributed by atoms with Crippen molar-refractivity contribution in [3.63, 3.8) is 0 Å². The first-order valence-corrected chi connectivity index (χ1v) is 7.33. The van der Waals surface area contributed by atoms with Gasteiger partial charge in [0.2, 0.25) is 0 Å². The maximum absolute atomic E-state index is 13.6. The van der Waals surface area contributed by atoms with E-state index in [1.807, 2.05) is 0 Å². The standard InChI is InChI=1S/C16H17FN2O5/c1-3-23-15(21)13-9(2)18-16(22)19-12(13)8-24-14(20)10-6-4-5-7-11(10)17/h4-7,9H,3,8H2,1-2H3,(H2,18,19,22). The second kappa shape index (κ2) is 7.58. The second-order valence-corrected chi connectivity index (χ2v) is 4.99. The van der Waals surface area contributed by atoms with E-state index in [2.05, 4.69) is 10.6 Å². The molecule has 2 rings (SSSR count). The summed E-state index contributed by atoms with van der Waals surface area (Å²) in [6.07, 6.45) is 0. The lowest BCUT2D eigenvalue weighted by molar-refractivity contribution is -0.139. The Kier molecular flexibility index (Phi) is 5.51. The summed E-state index contributed by atoms with van der Waals surface area (Å²) in [6, 6.07) is 4.21. The summed E-state index contributed by atoms with van der Waals surface area (Å²) in [5, 5.41) is 4.93. The number of urea groups is 1. The topological polar surface area (TPSA) is 93.7 Å². The first-order valence-electron chi connectivity index (χ1n) is 7.33. The molecular weight excluding hydrogens is 319 g/mol. The smallest absolute Gasteiger partial charge is 0.341 e. The molecule has 1 heterocycles. The summed E-state index contributed by atoms with van der Waals surface area (Å²) in [7, 11) is 0. The van der Waals surface area contributed by atoms with Crippen LogP contribution in [0.15, 0.2) is 35.5 Å². The van der Waals surface area contributed by atoms with Gasteiger partial charge in [0, 0.05) is 0 Å². The SMILES string of the molecule is CCOC(=O)C1=C(COC(=O)c2ccccc2F)NC(=O)NC1C. The summed E-state index contributed by atoms with van der Waals surface area (Å²) in [6.45, 7) is 3.02. The molecule has 0 saturated heterocycles. The van der Waals surface area contributed by atoms with Gasteiger partial charge in [-0.05, 0) is 26.0 Å². The Morgan fingerprint density at radius 2 is 1.92 bits per heavy atom. The van der Waals surface area contributed by atoms with Crippen molar-refractivity contribution < 1.29 is 28.2 Å². The van der Waals surface area contributed by atoms with E-state index in [1.54, 1.807) is 13.8 Å². The number of halogens is 1. The van der Waals surface area contributed by atoms with Crippen LogP contribution >= 0.6 is 0 Å². The maximum Gasteiger partial charge on any atom is 0.341 e. The quantitative estimate of drug-likeness (QED) is 0.795. The number of carbonyl (C=O) groups is 3. The molecule has 2 amide bonds. The van der Waals surface area contributed by atoms with Gasteiger partial charge in [0.25, 0.3) is 0 Å². The van der Waals surface area contributed by atoms with Gasteiger partial charge in [-0.2, -0.15) is 0 Å². The number of rotatable bonds is 5. The van der Waals surface area contributed by atoms with E-state index >= 15 is 0 Å². The van der Waals surface area contributed by atoms with Gasteiger partial charge in [-0.3, -0.25) is 0 Å². The van der Waals surface area contributed by atoms with Crippen LogP contribution in [0.25, 0.3) is 0 Å². The van der Waals surface area contributed by atoms with Crippen LogP contribution in [0.2, 0.25) is 0 Å². The molecule has 0 bridgehead atoms. The number of benzene rings is 1. The largest absolute Gasteiger partial charge is 0.463 e. The fourth-order valence-corrected chi connectivity index (χ4v) is 2.24. The van der Waals surface area contributed by atoms with E-state index in [4.69, 9.17) is 9.47 Å². The Hall–Kier alpha value is -2.90. The van der Waals surface area contributed by atoms with Crippen LogP contribution < -0.4 is 10.6 Å². The van der Waals surface area contributed by atoms with Gasteiger partial charge < -0.3 is 20.1 Å². The Bertz CT molecular complexity index is 701. The second-order valence-electron chi connectivity index (χ2n) is 4.99. The minimum atomic E-state index is -0.899. The van der Waals surface area contributed by atoms with Gasteiger partial charge in [0.15, 0.2) is 0 Å².